The third kappa shape index (κ3) is 5.88. The van der Waals surface area contributed by atoms with Crippen LogP contribution in [0.15, 0.2) is 103 Å². The van der Waals surface area contributed by atoms with Crippen LogP contribution in [0, 0.1) is 5.92 Å². The van der Waals surface area contributed by atoms with Crippen LogP contribution in [-0.2, 0) is 0 Å². The average molecular weight is 479 g/mol. The van der Waals surface area contributed by atoms with Crippen molar-refractivity contribution in [3.8, 4) is 5.75 Å². The molecule has 4 rings (SSSR count). The Labute approximate surface area is 216 Å². The van der Waals surface area contributed by atoms with Crippen LogP contribution in [0.5, 0.6) is 5.75 Å². The van der Waals surface area contributed by atoms with Crippen LogP contribution in [0.2, 0.25) is 0 Å². The summed E-state index contributed by atoms with van der Waals surface area (Å²) in [6.45, 7) is 9.42. The van der Waals surface area contributed by atoms with Crippen molar-refractivity contribution < 1.29 is 9.84 Å². The topological polar surface area (TPSA) is 29.5 Å². The second-order valence-corrected chi connectivity index (χ2v) is 10.0. The number of benzene rings is 4. The van der Waals surface area contributed by atoms with E-state index in [1.807, 2.05) is 6.92 Å². The molecule has 0 aliphatic carbocycles. The molecule has 36 heavy (non-hydrogen) atoms. The molecular formula is C34H38O2. The number of aliphatic hydroxyl groups excluding tert-OH is 1. The first-order chi connectivity index (χ1) is 17.5. The highest BCUT2D eigenvalue weighted by Crippen LogP contribution is 2.42. The molecule has 0 saturated carbocycles. The molecule has 3 unspecified atom stereocenters. The predicted octanol–water partition coefficient (Wildman–Crippen LogP) is 8.15. The van der Waals surface area contributed by atoms with Gasteiger partial charge in [-0.1, -0.05) is 131 Å². The van der Waals surface area contributed by atoms with Crippen LogP contribution in [0.3, 0.4) is 0 Å². The van der Waals surface area contributed by atoms with Gasteiger partial charge in [-0.05, 0) is 22.3 Å². The van der Waals surface area contributed by atoms with Crippen molar-refractivity contribution in [1.82, 2.24) is 0 Å². The van der Waals surface area contributed by atoms with Crippen LogP contribution in [0.1, 0.15) is 78.8 Å². The zero-order valence-corrected chi connectivity index (χ0v) is 21.9. The minimum Gasteiger partial charge on any atom is -0.493 e. The number of rotatable bonds is 10. The van der Waals surface area contributed by atoms with Crippen LogP contribution >= 0.6 is 0 Å². The summed E-state index contributed by atoms with van der Waals surface area (Å²) in [7, 11) is 0. The van der Waals surface area contributed by atoms with Gasteiger partial charge >= 0.3 is 0 Å². The molecule has 4 aromatic rings. The molecule has 0 amide bonds. The lowest BCUT2D eigenvalue weighted by Gasteiger charge is -2.27. The van der Waals surface area contributed by atoms with Gasteiger partial charge in [-0.25, -0.2) is 0 Å². The van der Waals surface area contributed by atoms with Crippen molar-refractivity contribution in [3.63, 3.8) is 0 Å². The number of ether oxygens (including phenoxy) is 1. The minimum atomic E-state index is 0.0627. The molecule has 2 nitrogen and oxygen atoms in total. The third-order valence-corrected chi connectivity index (χ3v) is 7.32. The van der Waals surface area contributed by atoms with Crippen molar-refractivity contribution in [2.45, 2.75) is 45.4 Å². The van der Waals surface area contributed by atoms with Crippen LogP contribution in [0.25, 0.3) is 0 Å². The molecule has 2 heteroatoms. The van der Waals surface area contributed by atoms with Gasteiger partial charge in [0.25, 0.3) is 0 Å². The van der Waals surface area contributed by atoms with E-state index in [-0.39, 0.29) is 30.3 Å². The molecule has 0 aliphatic heterocycles. The molecule has 0 saturated heterocycles. The molecular weight excluding hydrogens is 440 g/mol. The molecule has 4 aromatic carbocycles. The summed E-state index contributed by atoms with van der Waals surface area (Å²) in [5.41, 5.74) is 7.52. The van der Waals surface area contributed by atoms with Gasteiger partial charge in [0.1, 0.15) is 5.75 Å². The Hall–Kier alpha value is -3.36. The SMILES string of the molecule is CC(c1ccccc1)c1cc(C(C)c2ccccc2)c(OC[C@H](C)CO)c(C(C)c2ccccc2)c1. The smallest absolute Gasteiger partial charge is 0.126 e. The first-order valence-corrected chi connectivity index (χ1v) is 13.1. The summed E-state index contributed by atoms with van der Waals surface area (Å²) in [6, 6.07) is 36.7. The molecule has 0 aromatic heterocycles. The van der Waals surface area contributed by atoms with Gasteiger partial charge < -0.3 is 9.84 Å². The van der Waals surface area contributed by atoms with E-state index in [4.69, 9.17) is 4.74 Å². The Bertz CT molecular complexity index is 1150. The van der Waals surface area contributed by atoms with E-state index in [1.165, 1.54) is 33.4 Å². The molecule has 4 atom stereocenters. The fourth-order valence-corrected chi connectivity index (χ4v) is 4.81. The second-order valence-electron chi connectivity index (χ2n) is 10.0. The Kier molecular flexibility index (Phi) is 8.61. The van der Waals surface area contributed by atoms with Crippen molar-refractivity contribution in [2.24, 2.45) is 5.92 Å². The lowest BCUT2D eigenvalue weighted by Crippen LogP contribution is -2.16. The van der Waals surface area contributed by atoms with Gasteiger partial charge in [0.15, 0.2) is 0 Å². The van der Waals surface area contributed by atoms with Gasteiger partial charge in [-0.15, -0.1) is 0 Å². The number of hydrogen-bond acceptors (Lipinski definition) is 2. The normalized spacial score (nSPS) is 14.6. The lowest BCUT2D eigenvalue weighted by atomic mass is 9.81. The molecule has 186 valence electrons. The van der Waals surface area contributed by atoms with Crippen molar-refractivity contribution in [2.75, 3.05) is 13.2 Å². The molecule has 0 bridgehead atoms. The van der Waals surface area contributed by atoms with Crippen molar-refractivity contribution >= 4 is 0 Å². The van der Waals surface area contributed by atoms with Gasteiger partial charge in [0.2, 0.25) is 0 Å². The molecule has 0 aliphatic rings. The van der Waals surface area contributed by atoms with E-state index in [0.29, 0.717) is 6.61 Å². The first-order valence-electron chi connectivity index (χ1n) is 13.1. The Morgan fingerprint density at radius 2 is 0.944 bits per heavy atom. The largest absolute Gasteiger partial charge is 0.493 e. The summed E-state index contributed by atoms with van der Waals surface area (Å²) in [4.78, 5) is 0. The maximum atomic E-state index is 9.69. The maximum Gasteiger partial charge on any atom is 0.126 e. The Morgan fingerprint density at radius 1 is 0.556 bits per heavy atom. The zero-order valence-electron chi connectivity index (χ0n) is 21.9. The minimum absolute atomic E-state index is 0.0627. The average Bonchev–Trinajstić information content (AvgIpc) is 2.95. The molecule has 0 spiro atoms. The first kappa shape index (κ1) is 25.7. The Balaban J connectivity index is 1.91. The maximum absolute atomic E-state index is 9.69. The van der Waals surface area contributed by atoms with Crippen LogP contribution in [-0.4, -0.2) is 18.3 Å². The van der Waals surface area contributed by atoms with Gasteiger partial charge in [0.05, 0.1) is 6.61 Å². The fourth-order valence-electron chi connectivity index (χ4n) is 4.81. The number of hydrogen-bond donors (Lipinski definition) is 1. The predicted molar refractivity (Wildman–Crippen MR) is 150 cm³/mol. The van der Waals surface area contributed by atoms with E-state index >= 15 is 0 Å². The summed E-state index contributed by atoms with van der Waals surface area (Å²) < 4.78 is 6.59. The molecule has 0 radical (unpaired) electrons. The molecule has 1 N–H and O–H groups in total. The van der Waals surface area contributed by atoms with E-state index in [9.17, 15) is 5.11 Å². The summed E-state index contributed by atoms with van der Waals surface area (Å²) in [5.74, 6) is 1.59. The highest BCUT2D eigenvalue weighted by atomic mass is 16.5. The monoisotopic (exact) mass is 478 g/mol. The highest BCUT2D eigenvalue weighted by Gasteiger charge is 2.25. The van der Waals surface area contributed by atoms with Crippen molar-refractivity contribution in [3.05, 3.63) is 137 Å². The molecule has 0 fully saturated rings. The lowest BCUT2D eigenvalue weighted by molar-refractivity contribution is 0.172. The standard InChI is InChI=1S/C34H38O2/c1-24(22-35)23-36-34-32(26(3)29-16-10-6-11-17-29)20-31(25(2)28-14-8-5-9-15-28)21-33(34)27(4)30-18-12-7-13-19-30/h5-21,24-27,35H,22-23H2,1-4H3/t24-,25?,26?,27?/m1/s1. The second kappa shape index (κ2) is 12.1. The van der Waals surface area contributed by atoms with E-state index < -0.39 is 0 Å². The van der Waals surface area contributed by atoms with E-state index in [0.717, 1.165) is 5.75 Å². The molecule has 0 heterocycles. The zero-order chi connectivity index (χ0) is 25.5. The quantitative estimate of drug-likeness (QED) is 0.249. The van der Waals surface area contributed by atoms with Gasteiger partial charge in [0, 0.05) is 41.4 Å². The van der Waals surface area contributed by atoms with Crippen LogP contribution in [0.4, 0.5) is 0 Å². The fraction of sp³-hybridized carbons (Fsp3) is 0.294. The van der Waals surface area contributed by atoms with E-state index in [1.54, 1.807) is 0 Å². The number of aliphatic hydroxyl groups is 1. The third-order valence-electron chi connectivity index (χ3n) is 7.32. The summed E-state index contributed by atoms with van der Waals surface area (Å²) in [6.07, 6.45) is 0. The van der Waals surface area contributed by atoms with Crippen molar-refractivity contribution in [1.29, 1.82) is 0 Å². The highest BCUT2D eigenvalue weighted by molar-refractivity contribution is 5.54. The summed E-state index contributed by atoms with van der Waals surface area (Å²) >= 11 is 0. The van der Waals surface area contributed by atoms with Gasteiger partial charge in [-0.2, -0.15) is 0 Å². The van der Waals surface area contributed by atoms with E-state index in [2.05, 4.69) is 124 Å². The van der Waals surface area contributed by atoms with Gasteiger partial charge in [-0.3, -0.25) is 0 Å². The van der Waals surface area contributed by atoms with Crippen LogP contribution < -0.4 is 4.74 Å². The Morgan fingerprint density at radius 3 is 1.33 bits per heavy atom. The summed E-state index contributed by atoms with van der Waals surface area (Å²) in [5, 5.41) is 9.69.